The first kappa shape index (κ1) is 16.6. The highest BCUT2D eigenvalue weighted by Gasteiger charge is 2.21. The van der Waals surface area contributed by atoms with Gasteiger partial charge >= 0.3 is 0 Å². The highest BCUT2D eigenvalue weighted by Crippen LogP contribution is 2.24. The maximum absolute atomic E-state index is 12.3. The largest absolute Gasteiger partial charge is 0.358 e. The highest BCUT2D eigenvalue weighted by molar-refractivity contribution is 8.23. The van der Waals surface area contributed by atoms with Crippen LogP contribution in [0.2, 0.25) is 5.02 Å². The number of nitrogens with one attached hydrogen (secondary N) is 1. The quantitative estimate of drug-likeness (QED) is 0.838. The van der Waals surface area contributed by atoms with Crippen molar-refractivity contribution in [3.05, 3.63) is 28.8 Å². The molecule has 1 fully saturated rings. The maximum atomic E-state index is 12.3. The number of benzene rings is 1. The molecule has 1 heterocycles. The number of thiocarbonyl (C=S) groups is 1. The van der Waals surface area contributed by atoms with Crippen LogP contribution in [0.4, 0.5) is 5.69 Å². The van der Waals surface area contributed by atoms with Crippen molar-refractivity contribution in [2.24, 2.45) is 0 Å². The number of aryl methyl sites for hydroxylation is 1. The summed E-state index contributed by atoms with van der Waals surface area (Å²) in [5, 5.41) is 3.31. The van der Waals surface area contributed by atoms with Crippen LogP contribution in [-0.2, 0) is 4.79 Å². The predicted octanol–water partition coefficient (Wildman–Crippen LogP) is 4.09. The molecule has 2 rings (SSSR count). The summed E-state index contributed by atoms with van der Waals surface area (Å²) in [5.74, 6) is -0.0492. The number of anilines is 1. The molecule has 1 unspecified atom stereocenters. The van der Waals surface area contributed by atoms with E-state index in [9.17, 15) is 4.79 Å². The first-order valence-electron chi connectivity index (χ1n) is 7.00. The molecule has 0 spiro atoms. The van der Waals surface area contributed by atoms with Crippen LogP contribution >= 0.6 is 35.6 Å². The van der Waals surface area contributed by atoms with Gasteiger partial charge in [-0.15, -0.1) is 0 Å². The van der Waals surface area contributed by atoms with Gasteiger partial charge in [0.1, 0.15) is 4.32 Å². The Hall–Kier alpha value is -0.780. The normalized spacial score (nSPS) is 15.9. The SMILES string of the molecule is Cc1ccc(Cl)cc1NC(=O)C(C)SC(=S)N1CCCC1. The summed E-state index contributed by atoms with van der Waals surface area (Å²) in [5.41, 5.74) is 1.75. The average molecular weight is 343 g/mol. The molecule has 1 amide bonds. The van der Waals surface area contributed by atoms with Crippen LogP contribution in [0.15, 0.2) is 18.2 Å². The monoisotopic (exact) mass is 342 g/mol. The van der Waals surface area contributed by atoms with Crippen molar-refractivity contribution < 1.29 is 4.79 Å². The topological polar surface area (TPSA) is 32.3 Å². The average Bonchev–Trinajstić information content (AvgIpc) is 2.97. The summed E-state index contributed by atoms with van der Waals surface area (Å²) in [4.78, 5) is 14.4. The molecule has 6 heteroatoms. The zero-order valence-electron chi connectivity index (χ0n) is 12.2. The number of thioether (sulfide) groups is 1. The molecule has 1 N–H and O–H groups in total. The van der Waals surface area contributed by atoms with Gasteiger partial charge in [0.25, 0.3) is 0 Å². The van der Waals surface area contributed by atoms with Crippen LogP contribution in [-0.4, -0.2) is 33.5 Å². The molecule has 3 nitrogen and oxygen atoms in total. The van der Waals surface area contributed by atoms with Gasteiger partial charge < -0.3 is 10.2 Å². The Morgan fingerprint density at radius 2 is 2.10 bits per heavy atom. The molecule has 1 saturated heterocycles. The van der Waals surface area contributed by atoms with E-state index in [-0.39, 0.29) is 11.2 Å². The van der Waals surface area contributed by atoms with Crippen molar-refractivity contribution in [1.29, 1.82) is 0 Å². The van der Waals surface area contributed by atoms with Crippen LogP contribution in [0, 0.1) is 6.92 Å². The predicted molar refractivity (Wildman–Crippen MR) is 95.3 cm³/mol. The first-order chi connectivity index (χ1) is 9.97. The molecule has 1 aromatic rings. The molecule has 1 atom stereocenters. The zero-order valence-corrected chi connectivity index (χ0v) is 14.6. The van der Waals surface area contributed by atoms with Gasteiger partial charge in [-0.2, -0.15) is 0 Å². The lowest BCUT2D eigenvalue weighted by Gasteiger charge is -2.20. The number of hydrogen-bond acceptors (Lipinski definition) is 3. The summed E-state index contributed by atoms with van der Waals surface area (Å²) < 4.78 is 0.818. The maximum Gasteiger partial charge on any atom is 0.237 e. The van der Waals surface area contributed by atoms with Gasteiger partial charge in [0.15, 0.2) is 0 Å². The molecule has 0 bridgehead atoms. The van der Waals surface area contributed by atoms with E-state index in [1.807, 2.05) is 26.0 Å². The number of carbonyl (C=O) groups is 1. The molecule has 0 aliphatic carbocycles. The first-order valence-corrected chi connectivity index (χ1v) is 8.66. The van der Waals surface area contributed by atoms with Crippen molar-refractivity contribution in [2.75, 3.05) is 18.4 Å². The van der Waals surface area contributed by atoms with Crippen LogP contribution in [0.25, 0.3) is 0 Å². The fourth-order valence-corrected chi connectivity index (χ4v) is 3.73. The van der Waals surface area contributed by atoms with Gasteiger partial charge in [0.05, 0.1) is 5.25 Å². The number of hydrogen-bond donors (Lipinski definition) is 1. The van der Waals surface area contributed by atoms with E-state index in [1.165, 1.54) is 24.6 Å². The van der Waals surface area contributed by atoms with Gasteiger partial charge in [-0.05, 0) is 44.4 Å². The second-order valence-electron chi connectivity index (χ2n) is 5.17. The molecule has 0 saturated carbocycles. The Morgan fingerprint density at radius 1 is 1.43 bits per heavy atom. The molecule has 1 aliphatic heterocycles. The Morgan fingerprint density at radius 3 is 2.76 bits per heavy atom. The zero-order chi connectivity index (χ0) is 15.4. The van der Waals surface area contributed by atoms with Gasteiger partial charge in [0, 0.05) is 23.8 Å². The van der Waals surface area contributed by atoms with Crippen molar-refractivity contribution in [2.45, 2.75) is 31.9 Å². The Balaban J connectivity index is 1.93. The summed E-state index contributed by atoms with van der Waals surface area (Å²) in [7, 11) is 0. The van der Waals surface area contributed by atoms with Crippen molar-refractivity contribution in [3.8, 4) is 0 Å². The number of rotatable bonds is 3. The summed E-state index contributed by atoms with van der Waals surface area (Å²) >= 11 is 12.8. The molecule has 0 aromatic heterocycles. The van der Waals surface area contributed by atoms with Crippen molar-refractivity contribution >= 4 is 51.5 Å². The molecular formula is C15H19ClN2OS2. The van der Waals surface area contributed by atoms with Gasteiger partial charge in [-0.3, -0.25) is 4.79 Å². The number of carbonyl (C=O) groups excluding carboxylic acids is 1. The number of halogens is 1. The van der Waals surface area contributed by atoms with Gasteiger partial charge in [-0.25, -0.2) is 0 Å². The second kappa shape index (κ2) is 7.47. The van der Waals surface area contributed by atoms with E-state index in [0.717, 1.165) is 28.7 Å². The number of nitrogens with zero attached hydrogens (tertiary/aromatic N) is 1. The lowest BCUT2D eigenvalue weighted by Crippen LogP contribution is -2.29. The fourth-order valence-electron chi connectivity index (χ4n) is 2.14. The number of amides is 1. The summed E-state index contributed by atoms with van der Waals surface area (Å²) in [6.45, 7) is 5.84. The molecule has 114 valence electrons. The lowest BCUT2D eigenvalue weighted by molar-refractivity contribution is -0.115. The van der Waals surface area contributed by atoms with Gasteiger partial charge in [0.2, 0.25) is 5.91 Å². The van der Waals surface area contributed by atoms with Gasteiger partial charge in [-0.1, -0.05) is 41.6 Å². The molecular weight excluding hydrogens is 324 g/mol. The van der Waals surface area contributed by atoms with Crippen molar-refractivity contribution in [3.63, 3.8) is 0 Å². The fraction of sp³-hybridized carbons (Fsp3) is 0.467. The van der Waals surface area contributed by atoms with Crippen LogP contribution in [0.1, 0.15) is 25.3 Å². The third kappa shape index (κ3) is 4.59. The third-order valence-corrected chi connectivity index (χ3v) is 5.28. The lowest BCUT2D eigenvalue weighted by atomic mass is 10.2. The van der Waals surface area contributed by atoms with E-state index in [0.29, 0.717) is 5.02 Å². The van der Waals surface area contributed by atoms with E-state index in [2.05, 4.69) is 10.2 Å². The minimum Gasteiger partial charge on any atom is -0.358 e. The molecule has 1 aromatic carbocycles. The summed E-state index contributed by atoms with van der Waals surface area (Å²) in [6, 6.07) is 5.48. The van der Waals surface area contributed by atoms with E-state index in [4.69, 9.17) is 23.8 Å². The minimum atomic E-state index is -0.225. The number of likely N-dealkylation sites (tertiary alicyclic amines) is 1. The Kier molecular flexibility index (Phi) is 5.90. The Bertz CT molecular complexity index is 544. The minimum absolute atomic E-state index is 0.0492. The summed E-state index contributed by atoms with van der Waals surface area (Å²) in [6.07, 6.45) is 2.37. The smallest absolute Gasteiger partial charge is 0.237 e. The van der Waals surface area contributed by atoms with E-state index >= 15 is 0 Å². The van der Waals surface area contributed by atoms with Crippen LogP contribution in [0.3, 0.4) is 0 Å². The van der Waals surface area contributed by atoms with Crippen molar-refractivity contribution in [1.82, 2.24) is 4.90 Å². The molecule has 0 radical (unpaired) electrons. The molecule has 1 aliphatic rings. The van der Waals surface area contributed by atoms with Crippen LogP contribution < -0.4 is 5.32 Å². The third-order valence-electron chi connectivity index (χ3n) is 3.47. The van der Waals surface area contributed by atoms with E-state index < -0.39 is 0 Å². The Labute approximate surface area is 140 Å². The second-order valence-corrected chi connectivity index (χ2v) is 7.58. The van der Waals surface area contributed by atoms with Crippen LogP contribution in [0.5, 0.6) is 0 Å². The highest BCUT2D eigenvalue weighted by atomic mass is 35.5. The molecule has 21 heavy (non-hydrogen) atoms. The van der Waals surface area contributed by atoms with E-state index in [1.54, 1.807) is 6.07 Å². The standard InChI is InChI=1S/C15H19ClN2OS2/c1-10-5-6-12(16)9-13(10)17-14(19)11(2)21-15(20)18-7-3-4-8-18/h5-6,9,11H,3-4,7-8H2,1-2H3,(H,17,19).